The number of aromatic carboxylic acids is 1. The first kappa shape index (κ1) is 12.3. The van der Waals surface area contributed by atoms with E-state index in [0.717, 1.165) is 12.1 Å². The number of hydrogen-bond donors (Lipinski definition) is 1. The Labute approximate surface area is 104 Å². The highest BCUT2D eigenvalue weighted by Gasteiger charge is 2.12. The van der Waals surface area contributed by atoms with E-state index in [1.165, 1.54) is 6.07 Å². The van der Waals surface area contributed by atoms with Crippen LogP contribution in [0.3, 0.4) is 0 Å². The van der Waals surface area contributed by atoms with Crippen LogP contribution in [0.2, 0.25) is 0 Å². The molecule has 0 fully saturated rings. The summed E-state index contributed by atoms with van der Waals surface area (Å²) in [5.41, 5.74) is 1.06. The van der Waals surface area contributed by atoms with Gasteiger partial charge in [0.15, 0.2) is 11.5 Å². The van der Waals surface area contributed by atoms with E-state index in [0.29, 0.717) is 12.3 Å². The minimum absolute atomic E-state index is 0.0673. The maximum atomic E-state index is 10.6. The van der Waals surface area contributed by atoms with Crippen molar-refractivity contribution in [3.8, 4) is 0 Å². The van der Waals surface area contributed by atoms with Gasteiger partial charge in [-0.05, 0) is 24.7 Å². The van der Waals surface area contributed by atoms with Crippen LogP contribution in [0.4, 0.5) is 0 Å². The molecule has 1 N–H and O–H groups in total. The lowest BCUT2D eigenvalue weighted by molar-refractivity contribution is 0.0685. The molecule has 2 heterocycles. The molecule has 0 saturated carbocycles. The standard InChI is InChI=1S/C12H13N3O3/c1-15(7-9-2-4-13-5-3-9)8-10-6-11(12(16)17)14-18-10/h2-6H,7-8H2,1H3,(H,16,17). The van der Waals surface area contributed by atoms with Crippen molar-refractivity contribution in [2.45, 2.75) is 13.1 Å². The summed E-state index contributed by atoms with van der Waals surface area (Å²) in [6, 6.07) is 5.30. The van der Waals surface area contributed by atoms with Crippen molar-refractivity contribution in [2.75, 3.05) is 7.05 Å². The third-order valence-electron chi connectivity index (χ3n) is 2.41. The summed E-state index contributed by atoms with van der Waals surface area (Å²) >= 11 is 0. The molecule has 0 saturated heterocycles. The molecule has 6 nitrogen and oxygen atoms in total. The summed E-state index contributed by atoms with van der Waals surface area (Å²) in [5.74, 6) is -0.550. The monoisotopic (exact) mass is 247 g/mol. The maximum Gasteiger partial charge on any atom is 0.358 e. The van der Waals surface area contributed by atoms with Crippen LogP contribution in [0.1, 0.15) is 21.8 Å². The second-order valence-electron chi connectivity index (χ2n) is 4.01. The number of pyridine rings is 1. The third kappa shape index (κ3) is 3.14. The topological polar surface area (TPSA) is 79.5 Å². The van der Waals surface area contributed by atoms with E-state index in [1.807, 2.05) is 24.1 Å². The van der Waals surface area contributed by atoms with Crippen LogP contribution in [0.25, 0.3) is 0 Å². The van der Waals surface area contributed by atoms with Gasteiger partial charge in [0.2, 0.25) is 0 Å². The van der Waals surface area contributed by atoms with Crippen molar-refractivity contribution >= 4 is 5.97 Å². The number of carbonyl (C=O) groups is 1. The summed E-state index contributed by atoms with van der Waals surface area (Å²) in [5, 5.41) is 12.2. The second kappa shape index (κ2) is 5.42. The van der Waals surface area contributed by atoms with Gasteiger partial charge in [-0.1, -0.05) is 5.16 Å². The summed E-state index contributed by atoms with van der Waals surface area (Å²) < 4.78 is 4.95. The number of nitrogens with zero attached hydrogens (tertiary/aromatic N) is 3. The highest BCUT2D eigenvalue weighted by atomic mass is 16.5. The number of aromatic nitrogens is 2. The Bertz CT molecular complexity index is 524. The van der Waals surface area contributed by atoms with E-state index in [1.54, 1.807) is 12.4 Å². The molecule has 0 aliphatic rings. The van der Waals surface area contributed by atoms with E-state index in [9.17, 15) is 4.79 Å². The Hall–Kier alpha value is -2.21. The first-order valence-electron chi connectivity index (χ1n) is 5.41. The van der Waals surface area contributed by atoms with Crippen molar-refractivity contribution in [3.63, 3.8) is 0 Å². The van der Waals surface area contributed by atoms with Crippen molar-refractivity contribution < 1.29 is 14.4 Å². The summed E-state index contributed by atoms with van der Waals surface area (Å²) in [6.07, 6.45) is 3.47. The van der Waals surface area contributed by atoms with E-state index >= 15 is 0 Å². The Kier molecular flexibility index (Phi) is 3.69. The third-order valence-corrected chi connectivity index (χ3v) is 2.41. The summed E-state index contributed by atoms with van der Waals surface area (Å²) in [6.45, 7) is 1.23. The second-order valence-corrected chi connectivity index (χ2v) is 4.01. The average Bonchev–Trinajstić information content (AvgIpc) is 2.78. The van der Waals surface area contributed by atoms with Gasteiger partial charge in [-0.2, -0.15) is 0 Å². The van der Waals surface area contributed by atoms with Crippen LogP contribution in [0, 0.1) is 0 Å². The molecule has 0 amide bonds. The highest BCUT2D eigenvalue weighted by molar-refractivity contribution is 5.85. The Morgan fingerprint density at radius 1 is 1.39 bits per heavy atom. The van der Waals surface area contributed by atoms with Crippen LogP contribution in [0.5, 0.6) is 0 Å². The highest BCUT2D eigenvalue weighted by Crippen LogP contribution is 2.09. The molecule has 0 aliphatic heterocycles. The minimum Gasteiger partial charge on any atom is -0.476 e. The smallest absolute Gasteiger partial charge is 0.358 e. The summed E-state index contributed by atoms with van der Waals surface area (Å²) in [4.78, 5) is 16.6. The van der Waals surface area contributed by atoms with Crippen LogP contribution in [0.15, 0.2) is 35.1 Å². The fraction of sp³-hybridized carbons (Fsp3) is 0.250. The van der Waals surface area contributed by atoms with Gasteiger partial charge >= 0.3 is 5.97 Å². The molecule has 0 atom stereocenters. The number of rotatable bonds is 5. The average molecular weight is 247 g/mol. The number of carboxylic acids is 1. The zero-order valence-electron chi connectivity index (χ0n) is 9.91. The Morgan fingerprint density at radius 2 is 2.11 bits per heavy atom. The summed E-state index contributed by atoms with van der Waals surface area (Å²) in [7, 11) is 1.92. The lowest BCUT2D eigenvalue weighted by Crippen LogP contribution is -2.16. The Morgan fingerprint density at radius 3 is 2.72 bits per heavy atom. The SMILES string of the molecule is CN(Cc1ccncc1)Cc1cc(C(=O)O)no1. The van der Waals surface area contributed by atoms with Gasteiger partial charge in [-0.15, -0.1) is 0 Å². The molecule has 2 aromatic rings. The molecule has 94 valence electrons. The van der Waals surface area contributed by atoms with Crippen LogP contribution in [-0.2, 0) is 13.1 Å². The van der Waals surface area contributed by atoms with E-state index < -0.39 is 5.97 Å². The first-order chi connectivity index (χ1) is 8.65. The van der Waals surface area contributed by atoms with Gasteiger partial charge < -0.3 is 9.63 Å². The molecule has 0 aromatic carbocycles. The number of carboxylic acid groups (broad SMARTS) is 1. The molecule has 0 radical (unpaired) electrons. The Balaban J connectivity index is 1.94. The first-order valence-corrected chi connectivity index (χ1v) is 5.41. The van der Waals surface area contributed by atoms with Gasteiger partial charge in [0.25, 0.3) is 0 Å². The van der Waals surface area contributed by atoms with E-state index in [2.05, 4.69) is 10.1 Å². The van der Waals surface area contributed by atoms with E-state index in [4.69, 9.17) is 9.63 Å². The van der Waals surface area contributed by atoms with Gasteiger partial charge in [-0.25, -0.2) is 4.79 Å². The lowest BCUT2D eigenvalue weighted by Gasteiger charge is -2.14. The van der Waals surface area contributed by atoms with Gasteiger partial charge in [0.05, 0.1) is 6.54 Å². The van der Waals surface area contributed by atoms with Crippen molar-refractivity contribution in [1.82, 2.24) is 15.0 Å². The lowest BCUT2D eigenvalue weighted by atomic mass is 10.2. The molecule has 0 unspecified atom stereocenters. The fourth-order valence-electron chi connectivity index (χ4n) is 1.61. The van der Waals surface area contributed by atoms with Crippen molar-refractivity contribution in [2.24, 2.45) is 0 Å². The molecule has 0 aliphatic carbocycles. The van der Waals surface area contributed by atoms with Crippen molar-refractivity contribution in [3.05, 3.63) is 47.6 Å². The van der Waals surface area contributed by atoms with Crippen LogP contribution < -0.4 is 0 Å². The quantitative estimate of drug-likeness (QED) is 0.860. The molecule has 2 rings (SSSR count). The minimum atomic E-state index is -1.08. The van der Waals surface area contributed by atoms with E-state index in [-0.39, 0.29) is 5.69 Å². The van der Waals surface area contributed by atoms with Gasteiger partial charge in [0.1, 0.15) is 0 Å². The number of hydrogen-bond acceptors (Lipinski definition) is 5. The van der Waals surface area contributed by atoms with Gasteiger partial charge in [0, 0.05) is 25.0 Å². The van der Waals surface area contributed by atoms with Crippen LogP contribution >= 0.6 is 0 Å². The molecule has 18 heavy (non-hydrogen) atoms. The van der Waals surface area contributed by atoms with Gasteiger partial charge in [-0.3, -0.25) is 9.88 Å². The van der Waals surface area contributed by atoms with Crippen LogP contribution in [-0.4, -0.2) is 33.2 Å². The molecular formula is C12H13N3O3. The predicted molar refractivity (Wildman–Crippen MR) is 62.9 cm³/mol. The molecule has 6 heteroatoms. The maximum absolute atomic E-state index is 10.6. The largest absolute Gasteiger partial charge is 0.476 e. The fourth-order valence-corrected chi connectivity index (χ4v) is 1.61. The molecular weight excluding hydrogens is 234 g/mol. The normalized spacial score (nSPS) is 10.8. The zero-order valence-corrected chi connectivity index (χ0v) is 9.91. The molecule has 0 bridgehead atoms. The molecule has 2 aromatic heterocycles. The predicted octanol–water partition coefficient (Wildman–Crippen LogP) is 1.40. The zero-order chi connectivity index (χ0) is 13.0. The molecule has 0 spiro atoms. The van der Waals surface area contributed by atoms with Crippen molar-refractivity contribution in [1.29, 1.82) is 0 Å².